The largest absolute Gasteiger partial charge is 0.488 e. The number of anilines is 1. The minimum atomic E-state index is -0.0615. The van der Waals surface area contributed by atoms with Crippen molar-refractivity contribution < 1.29 is 9.53 Å². The first-order valence-corrected chi connectivity index (χ1v) is 9.19. The second-order valence-corrected chi connectivity index (χ2v) is 6.56. The summed E-state index contributed by atoms with van der Waals surface area (Å²) >= 11 is 0. The van der Waals surface area contributed by atoms with Gasteiger partial charge in [0.15, 0.2) is 5.96 Å². The Morgan fingerprint density at radius 3 is 2.63 bits per heavy atom. The van der Waals surface area contributed by atoms with E-state index in [2.05, 4.69) is 27.0 Å². The fourth-order valence-electron chi connectivity index (χ4n) is 3.08. The maximum absolute atomic E-state index is 11.0. The molecular weight excluding hydrogens is 340 g/mol. The second kappa shape index (κ2) is 9.07. The molecule has 3 N–H and O–H groups in total. The lowest BCUT2D eigenvalue weighted by Gasteiger charge is -2.15. The second-order valence-electron chi connectivity index (χ2n) is 6.56. The molecule has 3 rings (SSSR count). The molecule has 6 heteroatoms. The number of guanidine groups is 1. The van der Waals surface area contributed by atoms with Gasteiger partial charge in [-0.05, 0) is 35.7 Å². The van der Waals surface area contributed by atoms with Gasteiger partial charge in [0.25, 0.3) is 0 Å². The summed E-state index contributed by atoms with van der Waals surface area (Å²) in [5.74, 6) is 1.69. The molecule has 27 heavy (non-hydrogen) atoms. The number of hydrogen-bond donors (Lipinski definition) is 3. The van der Waals surface area contributed by atoms with Crippen molar-refractivity contribution in [2.75, 3.05) is 25.5 Å². The summed E-state index contributed by atoms with van der Waals surface area (Å²) in [6.07, 6.45) is 1.91. The van der Waals surface area contributed by atoms with Crippen molar-refractivity contribution in [3.8, 4) is 5.75 Å². The van der Waals surface area contributed by atoms with Crippen molar-refractivity contribution in [3.05, 3.63) is 59.7 Å². The highest BCUT2D eigenvalue weighted by Crippen LogP contribution is 2.27. The Morgan fingerprint density at radius 2 is 1.93 bits per heavy atom. The topological polar surface area (TPSA) is 74.8 Å². The van der Waals surface area contributed by atoms with Gasteiger partial charge in [0.1, 0.15) is 11.9 Å². The molecule has 0 fully saturated rings. The number of nitrogens with one attached hydrogen (secondary N) is 3. The van der Waals surface area contributed by atoms with Gasteiger partial charge in [0, 0.05) is 32.6 Å². The number of aliphatic imine (C=N–C) groups is 1. The fourth-order valence-corrected chi connectivity index (χ4v) is 3.08. The van der Waals surface area contributed by atoms with E-state index in [4.69, 9.17) is 4.74 Å². The van der Waals surface area contributed by atoms with Crippen LogP contribution >= 0.6 is 0 Å². The van der Waals surface area contributed by atoms with E-state index in [-0.39, 0.29) is 12.0 Å². The molecule has 0 aromatic heterocycles. The van der Waals surface area contributed by atoms with Crippen LogP contribution in [0.5, 0.6) is 5.75 Å². The van der Waals surface area contributed by atoms with Crippen LogP contribution in [0.4, 0.5) is 5.69 Å². The number of para-hydroxylation sites is 1. The highest BCUT2D eigenvalue weighted by Gasteiger charge is 2.22. The van der Waals surface area contributed by atoms with Gasteiger partial charge in [-0.2, -0.15) is 0 Å². The highest BCUT2D eigenvalue weighted by molar-refractivity contribution is 5.88. The van der Waals surface area contributed by atoms with Crippen molar-refractivity contribution in [2.24, 2.45) is 4.99 Å². The Kier molecular flexibility index (Phi) is 6.30. The predicted molar refractivity (Wildman–Crippen MR) is 108 cm³/mol. The summed E-state index contributed by atoms with van der Waals surface area (Å²) < 4.78 is 5.94. The lowest BCUT2D eigenvalue weighted by molar-refractivity contribution is -0.114. The third-order valence-electron chi connectivity index (χ3n) is 4.42. The SMILES string of the molecule is CN=C(NCCc1ccc(NC(C)=O)cc1)NCC1Cc2ccccc2O1. The van der Waals surface area contributed by atoms with Crippen molar-refractivity contribution in [1.82, 2.24) is 10.6 Å². The minimum absolute atomic E-state index is 0.0615. The van der Waals surface area contributed by atoms with E-state index in [0.29, 0.717) is 6.54 Å². The van der Waals surface area contributed by atoms with Crippen LogP contribution in [0.2, 0.25) is 0 Å². The average Bonchev–Trinajstić information content (AvgIpc) is 3.08. The normalized spacial score (nSPS) is 15.6. The molecule has 1 aliphatic heterocycles. The van der Waals surface area contributed by atoms with Gasteiger partial charge >= 0.3 is 0 Å². The van der Waals surface area contributed by atoms with Crippen LogP contribution in [0.1, 0.15) is 18.1 Å². The van der Waals surface area contributed by atoms with E-state index in [0.717, 1.165) is 36.8 Å². The zero-order valence-electron chi connectivity index (χ0n) is 15.8. The number of carbonyl (C=O) groups is 1. The number of fused-ring (bicyclic) bond motifs is 1. The molecule has 1 aliphatic rings. The standard InChI is InChI=1S/C21H26N4O2/c1-15(26)25-18-9-7-16(8-10-18)11-12-23-21(22-2)24-14-19-13-17-5-3-4-6-20(17)27-19/h3-10,19H,11-14H2,1-2H3,(H,25,26)(H2,22,23,24). The van der Waals surface area contributed by atoms with Gasteiger partial charge in [-0.25, -0.2) is 0 Å². The molecule has 1 heterocycles. The molecule has 6 nitrogen and oxygen atoms in total. The molecular formula is C21H26N4O2. The van der Waals surface area contributed by atoms with Crippen LogP contribution in [0.3, 0.4) is 0 Å². The van der Waals surface area contributed by atoms with E-state index in [1.807, 2.05) is 42.5 Å². The van der Waals surface area contributed by atoms with Gasteiger partial charge in [-0.3, -0.25) is 9.79 Å². The summed E-state index contributed by atoms with van der Waals surface area (Å²) in [5, 5.41) is 9.42. The van der Waals surface area contributed by atoms with Gasteiger partial charge < -0.3 is 20.7 Å². The van der Waals surface area contributed by atoms with Crippen LogP contribution in [-0.4, -0.2) is 38.1 Å². The number of carbonyl (C=O) groups excluding carboxylic acids is 1. The van der Waals surface area contributed by atoms with Crippen molar-refractivity contribution in [1.29, 1.82) is 0 Å². The fraction of sp³-hybridized carbons (Fsp3) is 0.333. The first-order valence-electron chi connectivity index (χ1n) is 9.19. The summed E-state index contributed by atoms with van der Waals surface area (Å²) in [5.41, 5.74) is 3.27. The smallest absolute Gasteiger partial charge is 0.221 e. The van der Waals surface area contributed by atoms with Crippen LogP contribution in [-0.2, 0) is 17.6 Å². The Balaban J connectivity index is 1.39. The first-order chi connectivity index (χ1) is 13.1. The lowest BCUT2D eigenvalue weighted by Crippen LogP contribution is -2.42. The minimum Gasteiger partial charge on any atom is -0.488 e. The zero-order valence-corrected chi connectivity index (χ0v) is 15.8. The van der Waals surface area contributed by atoms with Crippen molar-refractivity contribution in [2.45, 2.75) is 25.9 Å². The molecule has 142 valence electrons. The quantitative estimate of drug-likeness (QED) is 0.542. The molecule has 0 spiro atoms. The Morgan fingerprint density at radius 1 is 1.15 bits per heavy atom. The molecule has 0 bridgehead atoms. The zero-order chi connectivity index (χ0) is 19.1. The van der Waals surface area contributed by atoms with E-state index in [1.54, 1.807) is 7.05 Å². The monoisotopic (exact) mass is 366 g/mol. The van der Waals surface area contributed by atoms with Crippen LogP contribution < -0.4 is 20.7 Å². The molecule has 2 aromatic carbocycles. The third kappa shape index (κ3) is 5.48. The van der Waals surface area contributed by atoms with Gasteiger partial charge in [0.2, 0.25) is 5.91 Å². The Labute approximate surface area is 160 Å². The molecule has 0 aliphatic carbocycles. The summed E-state index contributed by atoms with van der Waals surface area (Å²) in [4.78, 5) is 15.3. The number of ether oxygens (including phenoxy) is 1. The molecule has 0 saturated heterocycles. The maximum atomic E-state index is 11.0. The van der Waals surface area contributed by atoms with Gasteiger partial charge in [0.05, 0.1) is 6.54 Å². The summed E-state index contributed by atoms with van der Waals surface area (Å²) in [7, 11) is 1.77. The molecule has 1 unspecified atom stereocenters. The van der Waals surface area contributed by atoms with E-state index >= 15 is 0 Å². The number of rotatable bonds is 6. The molecule has 1 atom stereocenters. The average molecular weight is 366 g/mol. The summed E-state index contributed by atoms with van der Waals surface area (Å²) in [6, 6.07) is 16.0. The van der Waals surface area contributed by atoms with E-state index in [9.17, 15) is 4.79 Å². The third-order valence-corrected chi connectivity index (χ3v) is 4.42. The van der Waals surface area contributed by atoms with E-state index < -0.39 is 0 Å². The molecule has 0 radical (unpaired) electrons. The Bertz CT molecular complexity index is 777. The van der Waals surface area contributed by atoms with Crippen molar-refractivity contribution >= 4 is 17.6 Å². The van der Waals surface area contributed by atoms with Crippen molar-refractivity contribution in [3.63, 3.8) is 0 Å². The highest BCUT2D eigenvalue weighted by atomic mass is 16.5. The van der Waals surface area contributed by atoms with Gasteiger partial charge in [-0.1, -0.05) is 30.3 Å². The number of nitrogens with zero attached hydrogens (tertiary/aromatic N) is 1. The van der Waals surface area contributed by atoms with Gasteiger partial charge in [-0.15, -0.1) is 0 Å². The molecule has 2 aromatic rings. The Hall–Kier alpha value is -3.02. The molecule has 1 amide bonds. The maximum Gasteiger partial charge on any atom is 0.221 e. The van der Waals surface area contributed by atoms with E-state index in [1.165, 1.54) is 18.1 Å². The van der Waals surface area contributed by atoms with Crippen LogP contribution in [0, 0.1) is 0 Å². The lowest BCUT2D eigenvalue weighted by atomic mass is 10.1. The number of amides is 1. The van der Waals surface area contributed by atoms with Crippen LogP contribution in [0.25, 0.3) is 0 Å². The number of hydrogen-bond acceptors (Lipinski definition) is 3. The van der Waals surface area contributed by atoms with Crippen LogP contribution in [0.15, 0.2) is 53.5 Å². The number of benzene rings is 2. The predicted octanol–water partition coefficient (Wildman–Crippen LogP) is 2.36. The first kappa shape index (κ1) is 18.8. The molecule has 0 saturated carbocycles. The summed E-state index contributed by atoms with van der Waals surface area (Å²) in [6.45, 7) is 2.98.